The molecule has 33 heavy (non-hydrogen) atoms. The van der Waals surface area contributed by atoms with Crippen molar-refractivity contribution in [3.8, 4) is 0 Å². The predicted molar refractivity (Wildman–Crippen MR) is 110 cm³/mol. The summed E-state index contributed by atoms with van der Waals surface area (Å²) in [6.07, 6.45) is -4.90. The zero-order chi connectivity index (χ0) is 23.2. The summed E-state index contributed by atoms with van der Waals surface area (Å²) >= 11 is 0. The predicted octanol–water partition coefficient (Wildman–Crippen LogP) is 3.32. The third kappa shape index (κ3) is 4.22. The second-order valence-electron chi connectivity index (χ2n) is 8.43. The van der Waals surface area contributed by atoms with E-state index in [0.29, 0.717) is 42.8 Å². The largest absolute Gasteiger partial charge is 0.445 e. The number of ether oxygens (including phenoxy) is 1. The molecule has 2 amide bonds. The van der Waals surface area contributed by atoms with E-state index < -0.39 is 17.8 Å². The number of fused-ring (bicyclic) bond motifs is 2. The number of H-pyrrole nitrogens is 1. The second-order valence-corrected chi connectivity index (χ2v) is 8.43. The fourth-order valence-electron chi connectivity index (χ4n) is 4.49. The summed E-state index contributed by atoms with van der Waals surface area (Å²) in [6, 6.07) is 9.76. The number of benzene rings is 2. The Morgan fingerprint density at radius 1 is 1.00 bits per heavy atom. The molecule has 2 atom stereocenters. The molecule has 3 aromatic rings. The lowest BCUT2D eigenvalue weighted by Gasteiger charge is -2.21. The number of hydrogen-bond acceptors (Lipinski definition) is 5. The van der Waals surface area contributed by atoms with E-state index in [0.717, 1.165) is 17.6 Å². The van der Waals surface area contributed by atoms with E-state index in [-0.39, 0.29) is 24.3 Å². The minimum Gasteiger partial charge on any atom is -0.445 e. The molecule has 5 rings (SSSR count). The van der Waals surface area contributed by atoms with E-state index in [9.17, 15) is 22.8 Å². The van der Waals surface area contributed by atoms with Crippen molar-refractivity contribution in [2.24, 2.45) is 11.8 Å². The van der Waals surface area contributed by atoms with Gasteiger partial charge in [0.05, 0.1) is 11.1 Å². The highest BCUT2D eigenvalue weighted by Crippen LogP contribution is 2.33. The van der Waals surface area contributed by atoms with Gasteiger partial charge in [0.15, 0.2) is 0 Å². The van der Waals surface area contributed by atoms with Crippen LogP contribution in [0.15, 0.2) is 42.5 Å². The molecule has 11 heteroatoms. The number of alkyl halides is 3. The molecule has 0 bridgehead atoms. The van der Waals surface area contributed by atoms with E-state index in [2.05, 4.69) is 15.4 Å². The zero-order valence-electron chi connectivity index (χ0n) is 17.4. The van der Waals surface area contributed by atoms with Gasteiger partial charge in [-0.15, -0.1) is 5.10 Å². The van der Waals surface area contributed by atoms with Crippen LogP contribution in [0.25, 0.3) is 11.0 Å². The Labute approximate surface area is 186 Å². The number of carbonyl (C=O) groups excluding carboxylic acids is 2. The van der Waals surface area contributed by atoms with Crippen LogP contribution in [-0.4, -0.2) is 63.4 Å². The van der Waals surface area contributed by atoms with Crippen LogP contribution in [0, 0.1) is 11.8 Å². The molecule has 0 spiro atoms. The summed E-state index contributed by atoms with van der Waals surface area (Å²) in [5.41, 5.74) is 1.67. The van der Waals surface area contributed by atoms with Crippen molar-refractivity contribution in [2.45, 2.75) is 12.8 Å². The molecule has 172 valence electrons. The number of rotatable bonds is 3. The summed E-state index contributed by atoms with van der Waals surface area (Å²) in [5, 5.41) is 10.4. The fourth-order valence-corrected chi connectivity index (χ4v) is 4.49. The maximum atomic E-state index is 12.9. The molecule has 0 saturated carbocycles. The van der Waals surface area contributed by atoms with Crippen LogP contribution < -0.4 is 0 Å². The summed E-state index contributed by atoms with van der Waals surface area (Å²) in [4.78, 5) is 28.7. The Morgan fingerprint density at radius 2 is 1.67 bits per heavy atom. The van der Waals surface area contributed by atoms with Crippen molar-refractivity contribution in [3.63, 3.8) is 0 Å². The molecular weight excluding hydrogens is 439 g/mol. The molecule has 2 aromatic carbocycles. The highest BCUT2D eigenvalue weighted by atomic mass is 19.4. The lowest BCUT2D eigenvalue weighted by molar-refractivity contribution is -0.137. The maximum Gasteiger partial charge on any atom is 0.416 e. The van der Waals surface area contributed by atoms with Gasteiger partial charge in [0.25, 0.3) is 5.91 Å². The SMILES string of the molecule is O=C(OCc1ccc(C(F)(F)F)cc1)N1C[C@@H]2CN(C(=O)c3ccc4[nH]nnc4c3)C[C@H]2C1. The first kappa shape index (κ1) is 21.2. The lowest BCUT2D eigenvalue weighted by atomic mass is 10.0. The molecule has 0 radical (unpaired) electrons. The van der Waals surface area contributed by atoms with E-state index in [1.165, 1.54) is 12.1 Å². The van der Waals surface area contributed by atoms with Crippen molar-refractivity contribution < 1.29 is 27.5 Å². The van der Waals surface area contributed by atoms with Gasteiger partial charge in [-0.2, -0.15) is 13.2 Å². The molecule has 1 N–H and O–H groups in total. The summed E-state index contributed by atoms with van der Waals surface area (Å²) < 4.78 is 43.2. The van der Waals surface area contributed by atoms with Crippen LogP contribution in [0.2, 0.25) is 0 Å². The van der Waals surface area contributed by atoms with Crippen LogP contribution in [0.4, 0.5) is 18.0 Å². The monoisotopic (exact) mass is 459 g/mol. The number of nitrogens with zero attached hydrogens (tertiary/aromatic N) is 4. The van der Waals surface area contributed by atoms with Crippen molar-refractivity contribution in [3.05, 3.63) is 59.2 Å². The van der Waals surface area contributed by atoms with Crippen molar-refractivity contribution in [1.29, 1.82) is 0 Å². The average Bonchev–Trinajstić information content (AvgIpc) is 3.50. The minimum absolute atomic E-state index is 0.0780. The van der Waals surface area contributed by atoms with E-state index in [1.54, 1.807) is 28.0 Å². The normalized spacial score (nSPS) is 20.3. The summed E-state index contributed by atoms with van der Waals surface area (Å²) in [5.74, 6) is 0.234. The maximum absolute atomic E-state index is 12.9. The molecule has 0 aliphatic carbocycles. The van der Waals surface area contributed by atoms with Gasteiger partial charge in [-0.1, -0.05) is 17.3 Å². The Kier molecular flexibility index (Phi) is 5.18. The van der Waals surface area contributed by atoms with Gasteiger partial charge in [0, 0.05) is 43.6 Å². The summed E-state index contributed by atoms with van der Waals surface area (Å²) in [7, 11) is 0. The number of amides is 2. The number of likely N-dealkylation sites (tertiary alicyclic amines) is 2. The van der Waals surface area contributed by atoms with E-state index in [4.69, 9.17) is 4.74 Å². The van der Waals surface area contributed by atoms with Gasteiger partial charge < -0.3 is 14.5 Å². The van der Waals surface area contributed by atoms with Crippen LogP contribution in [0.1, 0.15) is 21.5 Å². The molecule has 2 saturated heterocycles. The first-order chi connectivity index (χ1) is 15.8. The molecule has 8 nitrogen and oxygen atoms in total. The van der Waals surface area contributed by atoms with Gasteiger partial charge in [-0.25, -0.2) is 4.79 Å². The van der Waals surface area contributed by atoms with Gasteiger partial charge in [-0.3, -0.25) is 9.89 Å². The van der Waals surface area contributed by atoms with Crippen molar-refractivity contribution >= 4 is 23.0 Å². The number of halogens is 3. The van der Waals surface area contributed by atoms with Gasteiger partial charge >= 0.3 is 12.3 Å². The van der Waals surface area contributed by atoms with Crippen LogP contribution in [0.3, 0.4) is 0 Å². The van der Waals surface area contributed by atoms with E-state index >= 15 is 0 Å². The first-order valence-electron chi connectivity index (χ1n) is 10.5. The summed E-state index contributed by atoms with van der Waals surface area (Å²) in [6.45, 7) is 1.94. The standard InChI is InChI=1S/C22H20F3N5O3/c23-22(24,25)17-4-1-13(2-5-17)12-33-21(32)30-10-15-8-29(9-16(15)11-30)20(31)14-3-6-18-19(7-14)27-28-26-18/h1-7,15-16H,8-12H2,(H,26,27,28)/t15-,16-/m0/s1. The topological polar surface area (TPSA) is 91.4 Å². The lowest BCUT2D eigenvalue weighted by Crippen LogP contribution is -2.35. The quantitative estimate of drug-likeness (QED) is 0.649. The third-order valence-electron chi connectivity index (χ3n) is 6.25. The molecule has 2 aliphatic heterocycles. The number of nitrogens with one attached hydrogen (secondary N) is 1. The number of aromatic nitrogens is 3. The second kappa shape index (κ2) is 8.05. The van der Waals surface area contributed by atoms with Gasteiger partial charge in [0.1, 0.15) is 12.1 Å². The smallest absolute Gasteiger partial charge is 0.416 e. The van der Waals surface area contributed by atoms with Crippen LogP contribution in [-0.2, 0) is 17.5 Å². The zero-order valence-corrected chi connectivity index (χ0v) is 17.4. The molecule has 0 unspecified atom stereocenters. The van der Waals surface area contributed by atoms with Crippen LogP contribution in [0.5, 0.6) is 0 Å². The van der Waals surface area contributed by atoms with Gasteiger partial charge in [0.2, 0.25) is 0 Å². The third-order valence-corrected chi connectivity index (χ3v) is 6.25. The molecular formula is C22H20F3N5O3. The molecule has 2 fully saturated rings. The Morgan fingerprint density at radius 3 is 2.33 bits per heavy atom. The Bertz CT molecular complexity index is 1180. The average molecular weight is 459 g/mol. The highest BCUT2D eigenvalue weighted by molar-refractivity contribution is 5.97. The highest BCUT2D eigenvalue weighted by Gasteiger charge is 2.43. The molecule has 1 aromatic heterocycles. The Hall–Kier alpha value is -3.63. The number of carbonyl (C=O) groups is 2. The fraction of sp³-hybridized carbons (Fsp3) is 0.364. The van der Waals surface area contributed by atoms with E-state index in [1.807, 2.05) is 0 Å². The first-order valence-corrected chi connectivity index (χ1v) is 10.5. The van der Waals surface area contributed by atoms with Gasteiger partial charge in [-0.05, 0) is 35.9 Å². The van der Waals surface area contributed by atoms with Crippen molar-refractivity contribution in [1.82, 2.24) is 25.2 Å². The number of hydrogen-bond donors (Lipinski definition) is 1. The molecule has 3 heterocycles. The molecule has 2 aliphatic rings. The number of aromatic amines is 1. The van der Waals surface area contributed by atoms with Crippen LogP contribution >= 0.6 is 0 Å². The Balaban J connectivity index is 1.13. The van der Waals surface area contributed by atoms with Crippen molar-refractivity contribution in [2.75, 3.05) is 26.2 Å². The minimum atomic E-state index is -4.40.